The van der Waals surface area contributed by atoms with Crippen molar-refractivity contribution in [1.82, 2.24) is 0 Å². The summed E-state index contributed by atoms with van der Waals surface area (Å²) < 4.78 is 12.3. The Labute approximate surface area is 376 Å². The predicted octanol–water partition coefficient (Wildman–Crippen LogP) is 15.8. The molecule has 0 saturated heterocycles. The number of anilines is 5. The van der Waals surface area contributed by atoms with Gasteiger partial charge in [0.1, 0.15) is 5.58 Å². The Kier molecular flexibility index (Phi) is 7.07. The van der Waals surface area contributed by atoms with Crippen molar-refractivity contribution in [2.24, 2.45) is 0 Å². The SMILES string of the molecule is c1ccc(-c2ccc(N3B4c5cc6c(cc5N(c5ccc7c(c5)sc5ccccc57)c5c4c(cc4c5oc5ccccc54)-c4c3ccc3ccccc43)sc3ccccc36)cc2)cc1. The van der Waals surface area contributed by atoms with Gasteiger partial charge in [0.05, 0.1) is 5.69 Å². The molecule has 0 bridgehead atoms. The molecule has 0 saturated carbocycles. The maximum Gasteiger partial charge on any atom is 0.333 e. The van der Waals surface area contributed by atoms with E-state index in [0.717, 1.165) is 39.0 Å². The third-order valence-electron chi connectivity index (χ3n) is 13.8. The zero-order valence-electron chi connectivity index (χ0n) is 34.2. The number of fused-ring (bicyclic) bond motifs is 16. The summed E-state index contributed by atoms with van der Waals surface area (Å²) >= 11 is 3.74. The first-order valence-electron chi connectivity index (χ1n) is 21.9. The molecule has 64 heavy (non-hydrogen) atoms. The molecular formula is C58H33BN2OS2. The van der Waals surface area contributed by atoms with Gasteiger partial charge in [-0.1, -0.05) is 140 Å². The first-order chi connectivity index (χ1) is 31.7. The van der Waals surface area contributed by atoms with Gasteiger partial charge in [0.15, 0.2) is 5.58 Å². The van der Waals surface area contributed by atoms with Crippen LogP contribution in [-0.2, 0) is 0 Å². The highest BCUT2D eigenvalue weighted by molar-refractivity contribution is 7.26. The Balaban J connectivity index is 1.11. The number of furan rings is 1. The standard InChI is InChI=1S/C58H33BN2OS2/c1-2-12-34(13-3-1)35-22-25-37(26-23-35)61-48-29-24-36-14-4-5-15-39(36)55(48)46-31-45-40-16-6-9-19-50(40)62-58(45)57-56(46)59(61)47-32-44-42-18-8-11-21-52(42)64-54(44)33-49(47)60(57)38-27-28-43-41-17-7-10-20-51(41)63-53(43)30-38/h1-33H. The molecule has 0 unspecified atom stereocenters. The summed E-state index contributed by atoms with van der Waals surface area (Å²) in [5, 5.41) is 9.88. The number of hydrogen-bond donors (Lipinski definition) is 0. The smallest absolute Gasteiger partial charge is 0.333 e. The number of nitrogens with zero attached hydrogens (tertiary/aromatic N) is 2. The minimum absolute atomic E-state index is 0.179. The first kappa shape index (κ1) is 34.9. The van der Waals surface area contributed by atoms with Gasteiger partial charge in [-0.3, -0.25) is 0 Å². The summed E-state index contributed by atoms with van der Waals surface area (Å²) in [7, 11) is 0. The lowest BCUT2D eigenvalue weighted by atomic mass is 9.43. The fourth-order valence-corrected chi connectivity index (χ4v) is 13.3. The van der Waals surface area contributed by atoms with E-state index < -0.39 is 0 Å². The van der Waals surface area contributed by atoms with Crippen LogP contribution >= 0.6 is 22.7 Å². The fraction of sp³-hybridized carbons (Fsp3) is 0. The Morgan fingerprint density at radius 3 is 1.88 bits per heavy atom. The van der Waals surface area contributed by atoms with Crippen LogP contribution in [0.2, 0.25) is 0 Å². The monoisotopic (exact) mass is 848 g/mol. The molecule has 15 rings (SSSR count). The zero-order valence-corrected chi connectivity index (χ0v) is 35.9. The van der Waals surface area contributed by atoms with Gasteiger partial charge in [-0.15, -0.1) is 22.7 Å². The molecule has 10 aromatic carbocycles. The van der Waals surface area contributed by atoms with E-state index in [1.165, 1.54) is 95.7 Å². The van der Waals surface area contributed by atoms with Crippen molar-refractivity contribution in [3.8, 4) is 22.3 Å². The molecular weight excluding hydrogens is 816 g/mol. The molecule has 0 amide bonds. The van der Waals surface area contributed by atoms with Crippen molar-refractivity contribution in [2.75, 3.05) is 9.71 Å². The Hall–Kier alpha value is -7.64. The lowest BCUT2D eigenvalue weighted by Crippen LogP contribution is -2.61. The highest BCUT2D eigenvalue weighted by Crippen LogP contribution is 2.53. The second-order valence-electron chi connectivity index (χ2n) is 17.1. The summed E-state index contributed by atoms with van der Waals surface area (Å²) in [6, 6.07) is 74.3. The van der Waals surface area contributed by atoms with Gasteiger partial charge in [-0.2, -0.15) is 0 Å². The van der Waals surface area contributed by atoms with E-state index in [1.807, 2.05) is 22.7 Å². The van der Waals surface area contributed by atoms with Gasteiger partial charge in [-0.25, -0.2) is 0 Å². The third kappa shape index (κ3) is 4.76. The van der Waals surface area contributed by atoms with Crippen LogP contribution in [0.5, 0.6) is 0 Å². The van der Waals surface area contributed by atoms with Gasteiger partial charge in [-0.05, 0) is 99.1 Å². The number of hydrogen-bond acceptors (Lipinski definition) is 5. The summed E-state index contributed by atoms with van der Waals surface area (Å²) in [4.78, 5) is 5.18. The molecule has 0 N–H and O–H groups in total. The lowest BCUT2D eigenvalue weighted by Gasteiger charge is -2.46. The van der Waals surface area contributed by atoms with E-state index in [4.69, 9.17) is 4.42 Å². The van der Waals surface area contributed by atoms with Crippen molar-refractivity contribution < 1.29 is 4.42 Å². The van der Waals surface area contributed by atoms with Gasteiger partial charge in [0.25, 0.3) is 0 Å². The summed E-state index contributed by atoms with van der Waals surface area (Å²) in [5.41, 5.74) is 15.0. The molecule has 2 aliphatic heterocycles. The predicted molar refractivity (Wildman–Crippen MR) is 276 cm³/mol. The maximum absolute atomic E-state index is 7.19. The Morgan fingerprint density at radius 2 is 1.06 bits per heavy atom. The number of rotatable bonds is 3. The topological polar surface area (TPSA) is 19.6 Å². The van der Waals surface area contributed by atoms with Crippen molar-refractivity contribution in [1.29, 1.82) is 0 Å². The van der Waals surface area contributed by atoms with Crippen molar-refractivity contribution >= 4 is 142 Å². The van der Waals surface area contributed by atoms with Crippen LogP contribution in [-0.4, -0.2) is 6.85 Å². The molecule has 3 aromatic heterocycles. The molecule has 0 aliphatic carbocycles. The van der Waals surface area contributed by atoms with E-state index in [0.29, 0.717) is 0 Å². The molecule has 0 atom stereocenters. The molecule has 6 heteroatoms. The van der Waals surface area contributed by atoms with Crippen LogP contribution in [0.25, 0.3) is 95.3 Å². The van der Waals surface area contributed by atoms with Crippen LogP contribution in [0.4, 0.5) is 28.4 Å². The Morgan fingerprint density at radius 1 is 0.422 bits per heavy atom. The second kappa shape index (κ2) is 13.0. The quantitative estimate of drug-likeness (QED) is 0.165. The summed E-state index contributed by atoms with van der Waals surface area (Å²) in [6.07, 6.45) is 0. The number of benzene rings is 10. The number of thiophene rings is 2. The van der Waals surface area contributed by atoms with Crippen LogP contribution in [0, 0.1) is 0 Å². The van der Waals surface area contributed by atoms with Crippen LogP contribution in [0.3, 0.4) is 0 Å². The number of para-hydroxylation sites is 1. The fourth-order valence-electron chi connectivity index (χ4n) is 11.0. The van der Waals surface area contributed by atoms with E-state index in [2.05, 4.69) is 210 Å². The highest BCUT2D eigenvalue weighted by Gasteiger charge is 2.47. The molecule has 2 aliphatic rings. The van der Waals surface area contributed by atoms with Gasteiger partial charge in [0.2, 0.25) is 0 Å². The normalized spacial score (nSPS) is 13.2. The largest absolute Gasteiger partial charge is 0.454 e. The molecule has 0 fully saturated rings. The van der Waals surface area contributed by atoms with E-state index in [9.17, 15) is 0 Å². The van der Waals surface area contributed by atoms with E-state index in [-0.39, 0.29) is 6.85 Å². The molecule has 3 nitrogen and oxygen atoms in total. The lowest BCUT2D eigenvalue weighted by molar-refractivity contribution is 0.669. The summed E-state index contributed by atoms with van der Waals surface area (Å²) in [5.74, 6) is 0. The molecule has 13 aromatic rings. The van der Waals surface area contributed by atoms with Crippen molar-refractivity contribution in [3.05, 3.63) is 200 Å². The van der Waals surface area contributed by atoms with Gasteiger partial charge in [0, 0.05) is 79.4 Å². The van der Waals surface area contributed by atoms with Crippen LogP contribution in [0.1, 0.15) is 0 Å². The van der Waals surface area contributed by atoms with Gasteiger partial charge < -0.3 is 14.1 Å². The molecule has 5 heterocycles. The van der Waals surface area contributed by atoms with E-state index in [1.54, 1.807) is 0 Å². The average molecular weight is 849 g/mol. The van der Waals surface area contributed by atoms with Crippen molar-refractivity contribution in [2.45, 2.75) is 0 Å². The average Bonchev–Trinajstić information content (AvgIpc) is 4.04. The zero-order chi connectivity index (χ0) is 41.6. The highest BCUT2D eigenvalue weighted by atomic mass is 32.1. The maximum atomic E-state index is 7.19. The molecule has 296 valence electrons. The molecule has 0 radical (unpaired) electrons. The third-order valence-corrected chi connectivity index (χ3v) is 16.1. The first-order valence-corrected chi connectivity index (χ1v) is 23.5. The van der Waals surface area contributed by atoms with Crippen LogP contribution < -0.4 is 20.6 Å². The Bertz CT molecular complexity index is 4110. The van der Waals surface area contributed by atoms with Crippen molar-refractivity contribution in [3.63, 3.8) is 0 Å². The summed E-state index contributed by atoms with van der Waals surface area (Å²) in [6.45, 7) is -0.179. The second-order valence-corrected chi connectivity index (χ2v) is 19.3. The minimum atomic E-state index is -0.179. The molecule has 0 spiro atoms. The van der Waals surface area contributed by atoms with Gasteiger partial charge >= 0.3 is 6.85 Å². The van der Waals surface area contributed by atoms with Crippen LogP contribution in [0.15, 0.2) is 205 Å². The van der Waals surface area contributed by atoms with E-state index >= 15 is 0 Å². The minimum Gasteiger partial charge on any atom is -0.454 e.